The van der Waals surface area contributed by atoms with Crippen molar-refractivity contribution in [3.63, 3.8) is 0 Å². The highest BCUT2D eigenvalue weighted by molar-refractivity contribution is 6.55. The maximum Gasteiger partial charge on any atom is 0.416 e. The lowest BCUT2D eigenvalue weighted by Crippen LogP contribution is -2.27. The summed E-state index contributed by atoms with van der Waals surface area (Å²) >= 11 is 11.2. The molecule has 0 aliphatic heterocycles. The van der Waals surface area contributed by atoms with E-state index in [1.54, 1.807) is 6.08 Å². The van der Waals surface area contributed by atoms with E-state index in [0.717, 1.165) is 6.07 Å². The first-order chi connectivity index (χ1) is 10.5. The van der Waals surface area contributed by atoms with Crippen LogP contribution in [0.4, 0.5) is 13.2 Å². The molecule has 23 heavy (non-hydrogen) atoms. The molecule has 0 unspecified atom stereocenters. The van der Waals surface area contributed by atoms with Crippen LogP contribution in [0.2, 0.25) is 0 Å². The van der Waals surface area contributed by atoms with Crippen molar-refractivity contribution < 1.29 is 18.0 Å². The first kappa shape index (κ1) is 18.1. The summed E-state index contributed by atoms with van der Waals surface area (Å²) in [5.41, 5.74) is -1.02. The third kappa shape index (κ3) is 4.01. The van der Waals surface area contributed by atoms with E-state index in [1.165, 1.54) is 18.2 Å². The molecular weight excluding hydrogens is 350 g/mol. The molecule has 0 radical (unpaired) electrons. The molecule has 1 fully saturated rings. The molecule has 2 rings (SSSR count). The predicted molar refractivity (Wildman–Crippen MR) is 83.8 cm³/mol. The molecule has 0 saturated heterocycles. The van der Waals surface area contributed by atoms with E-state index in [9.17, 15) is 18.0 Å². The van der Waals surface area contributed by atoms with Gasteiger partial charge in [0.1, 0.15) is 4.49 Å². The quantitative estimate of drug-likeness (QED) is 0.806. The SMILES string of the molecule is CC1(C)[C@H](C(=O)NCc2ccccc2C(F)(F)F)[C@@H]1C=C(Cl)Cl. The second-order valence-corrected chi connectivity index (χ2v) is 7.16. The second-order valence-electron chi connectivity index (χ2n) is 6.15. The molecule has 1 aliphatic carbocycles. The van der Waals surface area contributed by atoms with Crippen molar-refractivity contribution in [1.29, 1.82) is 0 Å². The number of allylic oxidation sites excluding steroid dienone is 1. The van der Waals surface area contributed by atoms with Crippen LogP contribution >= 0.6 is 23.2 Å². The van der Waals surface area contributed by atoms with Crippen molar-refractivity contribution in [2.24, 2.45) is 17.3 Å². The molecule has 1 N–H and O–H groups in total. The van der Waals surface area contributed by atoms with Gasteiger partial charge < -0.3 is 5.32 Å². The van der Waals surface area contributed by atoms with Gasteiger partial charge in [-0.3, -0.25) is 4.79 Å². The number of carbonyl (C=O) groups excluding carboxylic acids is 1. The minimum Gasteiger partial charge on any atom is -0.352 e. The molecule has 1 amide bonds. The Labute approximate surface area is 142 Å². The van der Waals surface area contributed by atoms with Gasteiger partial charge >= 0.3 is 6.18 Å². The predicted octanol–water partition coefficient (Wildman–Crippen LogP) is 4.91. The van der Waals surface area contributed by atoms with Crippen molar-refractivity contribution >= 4 is 29.1 Å². The standard InChI is InChI=1S/C16H16Cl2F3NO/c1-15(2)11(7-12(17)18)13(15)14(23)22-8-9-5-3-4-6-10(9)16(19,20)21/h3-7,11,13H,8H2,1-2H3,(H,22,23)/t11-,13-/m0/s1. The lowest BCUT2D eigenvalue weighted by molar-refractivity contribution is -0.138. The Morgan fingerprint density at radius 3 is 2.48 bits per heavy atom. The normalized spacial score (nSPS) is 22.4. The van der Waals surface area contributed by atoms with E-state index in [2.05, 4.69) is 5.32 Å². The summed E-state index contributed by atoms with van der Waals surface area (Å²) < 4.78 is 38.9. The summed E-state index contributed by atoms with van der Waals surface area (Å²) in [6, 6.07) is 5.19. The van der Waals surface area contributed by atoms with Crippen molar-refractivity contribution in [3.05, 3.63) is 46.0 Å². The number of hydrogen-bond acceptors (Lipinski definition) is 1. The van der Waals surface area contributed by atoms with Gasteiger partial charge in [-0.15, -0.1) is 0 Å². The Kier molecular flexibility index (Phi) is 5.02. The number of nitrogens with one attached hydrogen (secondary N) is 1. The molecule has 7 heteroatoms. The molecule has 1 saturated carbocycles. The Hall–Kier alpha value is -1.20. The number of alkyl halides is 3. The highest BCUT2D eigenvalue weighted by atomic mass is 35.5. The van der Waals surface area contributed by atoms with Crippen LogP contribution in [0.1, 0.15) is 25.0 Å². The highest BCUT2D eigenvalue weighted by Gasteiger charge is 2.60. The summed E-state index contributed by atoms with van der Waals surface area (Å²) in [7, 11) is 0. The number of carbonyl (C=O) groups is 1. The molecule has 1 aromatic rings. The molecule has 1 aromatic carbocycles. The molecule has 0 heterocycles. The molecule has 0 spiro atoms. The average molecular weight is 366 g/mol. The summed E-state index contributed by atoms with van der Waals surface area (Å²) in [6.45, 7) is 3.60. The number of hydrogen-bond donors (Lipinski definition) is 1. The summed E-state index contributed by atoms with van der Waals surface area (Å²) in [5.74, 6) is -0.777. The lowest BCUT2D eigenvalue weighted by atomic mass is 10.1. The van der Waals surface area contributed by atoms with Crippen molar-refractivity contribution in [2.45, 2.75) is 26.6 Å². The first-order valence-corrected chi connectivity index (χ1v) is 7.76. The minimum atomic E-state index is -4.45. The lowest BCUT2D eigenvalue weighted by Gasteiger charge is -2.13. The fourth-order valence-electron chi connectivity index (χ4n) is 2.87. The van der Waals surface area contributed by atoms with Gasteiger partial charge in [0.25, 0.3) is 0 Å². The van der Waals surface area contributed by atoms with Crippen LogP contribution in [0.25, 0.3) is 0 Å². The number of benzene rings is 1. The van der Waals surface area contributed by atoms with E-state index in [1.807, 2.05) is 13.8 Å². The topological polar surface area (TPSA) is 29.1 Å². The number of amides is 1. The van der Waals surface area contributed by atoms with Gasteiger partial charge in [-0.05, 0) is 29.0 Å². The summed E-state index contributed by atoms with van der Waals surface area (Å²) in [5, 5.41) is 2.58. The smallest absolute Gasteiger partial charge is 0.352 e. The first-order valence-electron chi connectivity index (χ1n) is 7.00. The maximum absolute atomic E-state index is 12.9. The molecule has 126 valence electrons. The third-order valence-corrected chi connectivity index (χ3v) is 4.53. The van der Waals surface area contributed by atoms with Crippen LogP contribution in [0.15, 0.2) is 34.8 Å². The van der Waals surface area contributed by atoms with Crippen LogP contribution in [0.3, 0.4) is 0 Å². The van der Waals surface area contributed by atoms with Crippen molar-refractivity contribution in [1.82, 2.24) is 5.32 Å². The van der Waals surface area contributed by atoms with E-state index >= 15 is 0 Å². The van der Waals surface area contributed by atoms with E-state index in [4.69, 9.17) is 23.2 Å². The summed E-state index contributed by atoms with van der Waals surface area (Å²) in [4.78, 5) is 12.2. The minimum absolute atomic E-state index is 0.0364. The fourth-order valence-corrected chi connectivity index (χ4v) is 3.14. The van der Waals surface area contributed by atoms with Gasteiger partial charge in [0.15, 0.2) is 0 Å². The number of rotatable bonds is 4. The van der Waals surface area contributed by atoms with Gasteiger partial charge in [-0.2, -0.15) is 13.2 Å². The van der Waals surface area contributed by atoms with Crippen LogP contribution in [-0.4, -0.2) is 5.91 Å². The van der Waals surface area contributed by atoms with Crippen LogP contribution in [0, 0.1) is 17.3 Å². The largest absolute Gasteiger partial charge is 0.416 e. The van der Waals surface area contributed by atoms with E-state index < -0.39 is 11.7 Å². The zero-order chi connectivity index (χ0) is 17.4. The molecular formula is C16H16Cl2F3NO. The molecule has 2 nitrogen and oxygen atoms in total. The van der Waals surface area contributed by atoms with Crippen molar-refractivity contribution in [2.75, 3.05) is 0 Å². The molecule has 0 bridgehead atoms. The van der Waals surface area contributed by atoms with Crippen molar-refractivity contribution in [3.8, 4) is 0 Å². The second kappa shape index (κ2) is 6.36. The van der Waals surface area contributed by atoms with E-state index in [-0.39, 0.29) is 39.8 Å². The van der Waals surface area contributed by atoms with Crippen LogP contribution < -0.4 is 5.32 Å². The van der Waals surface area contributed by atoms with Gasteiger partial charge in [-0.25, -0.2) is 0 Å². The van der Waals surface area contributed by atoms with E-state index in [0.29, 0.717) is 0 Å². The average Bonchev–Trinajstić information content (AvgIpc) is 2.95. The van der Waals surface area contributed by atoms with Gasteiger partial charge in [0, 0.05) is 6.54 Å². The Bertz CT molecular complexity index is 636. The zero-order valence-electron chi connectivity index (χ0n) is 12.5. The molecule has 2 atom stereocenters. The van der Waals surface area contributed by atoms with Crippen LogP contribution in [-0.2, 0) is 17.5 Å². The zero-order valence-corrected chi connectivity index (χ0v) is 14.1. The van der Waals surface area contributed by atoms with Gasteiger partial charge in [-0.1, -0.05) is 55.2 Å². The highest BCUT2D eigenvalue weighted by Crippen LogP contribution is 2.59. The maximum atomic E-state index is 12.9. The Morgan fingerprint density at radius 2 is 1.91 bits per heavy atom. The van der Waals surface area contributed by atoms with Gasteiger partial charge in [0.05, 0.1) is 11.5 Å². The fraction of sp³-hybridized carbons (Fsp3) is 0.438. The molecule has 1 aliphatic rings. The third-order valence-electron chi connectivity index (χ3n) is 4.27. The summed E-state index contributed by atoms with van der Waals surface area (Å²) in [6.07, 6.45) is -2.85. The molecule has 0 aromatic heterocycles. The van der Waals surface area contributed by atoms with Gasteiger partial charge in [0.2, 0.25) is 5.91 Å². The monoisotopic (exact) mass is 365 g/mol. The number of halogens is 5. The Balaban J connectivity index is 2.06. The van der Waals surface area contributed by atoms with Crippen LogP contribution in [0.5, 0.6) is 0 Å². The Morgan fingerprint density at radius 1 is 1.30 bits per heavy atom.